The molecule has 0 N–H and O–H groups in total. The topological polar surface area (TPSA) is 46.6 Å². The van der Waals surface area contributed by atoms with E-state index in [1.54, 1.807) is 30.2 Å². The highest BCUT2D eigenvalue weighted by atomic mass is 32.2. The number of amides is 1. The van der Waals surface area contributed by atoms with Crippen LogP contribution in [0.3, 0.4) is 0 Å². The summed E-state index contributed by atoms with van der Waals surface area (Å²) in [5, 5.41) is 2.00. The SMILES string of the molecule is COC(=O)C(C)CSCC(=O)N(C)Cc1cccs1. The van der Waals surface area contributed by atoms with E-state index in [1.807, 2.05) is 17.5 Å². The number of hydrogen-bond donors (Lipinski definition) is 0. The molecule has 0 spiro atoms. The van der Waals surface area contributed by atoms with Crippen LogP contribution in [0.2, 0.25) is 0 Å². The van der Waals surface area contributed by atoms with E-state index < -0.39 is 0 Å². The summed E-state index contributed by atoms with van der Waals surface area (Å²) >= 11 is 3.11. The maximum Gasteiger partial charge on any atom is 0.309 e. The van der Waals surface area contributed by atoms with Crippen molar-refractivity contribution in [3.05, 3.63) is 22.4 Å². The van der Waals surface area contributed by atoms with Crippen molar-refractivity contribution in [3.63, 3.8) is 0 Å². The molecule has 0 aliphatic carbocycles. The van der Waals surface area contributed by atoms with Gasteiger partial charge in [0.25, 0.3) is 0 Å². The molecule has 0 aliphatic rings. The zero-order valence-corrected chi connectivity index (χ0v) is 13.1. The Bertz CT molecular complexity index is 406. The lowest BCUT2D eigenvalue weighted by Gasteiger charge is -2.16. The number of thioether (sulfide) groups is 1. The Hall–Kier alpha value is -1.01. The highest BCUT2D eigenvalue weighted by Crippen LogP contribution is 2.13. The highest BCUT2D eigenvalue weighted by molar-refractivity contribution is 7.99. The average molecular weight is 301 g/mol. The molecule has 0 bridgehead atoms. The van der Waals surface area contributed by atoms with Crippen molar-refractivity contribution >= 4 is 35.0 Å². The first kappa shape index (κ1) is 16.0. The predicted molar refractivity (Wildman–Crippen MR) is 79.3 cm³/mol. The van der Waals surface area contributed by atoms with Crippen LogP contribution in [-0.2, 0) is 20.9 Å². The van der Waals surface area contributed by atoms with Crippen LogP contribution >= 0.6 is 23.1 Å². The second kappa shape index (κ2) is 8.22. The average Bonchev–Trinajstić information content (AvgIpc) is 2.90. The van der Waals surface area contributed by atoms with Gasteiger partial charge >= 0.3 is 5.97 Å². The van der Waals surface area contributed by atoms with Crippen molar-refractivity contribution in [1.29, 1.82) is 0 Å². The number of thiophene rings is 1. The van der Waals surface area contributed by atoms with E-state index in [4.69, 9.17) is 0 Å². The summed E-state index contributed by atoms with van der Waals surface area (Å²) in [4.78, 5) is 26.0. The van der Waals surface area contributed by atoms with E-state index in [0.29, 0.717) is 18.1 Å². The predicted octanol–water partition coefficient (Wildman–Crippen LogP) is 2.25. The lowest BCUT2D eigenvalue weighted by atomic mass is 10.2. The minimum Gasteiger partial charge on any atom is -0.469 e. The number of nitrogens with zero attached hydrogens (tertiary/aromatic N) is 1. The van der Waals surface area contributed by atoms with Crippen LogP contribution in [0, 0.1) is 5.92 Å². The van der Waals surface area contributed by atoms with E-state index in [-0.39, 0.29) is 17.8 Å². The van der Waals surface area contributed by atoms with E-state index in [9.17, 15) is 9.59 Å². The number of hydrogen-bond acceptors (Lipinski definition) is 5. The Morgan fingerprint density at radius 2 is 2.26 bits per heavy atom. The zero-order chi connectivity index (χ0) is 14.3. The summed E-state index contributed by atoms with van der Waals surface area (Å²) in [7, 11) is 3.18. The Kier molecular flexibility index (Phi) is 6.94. The first-order chi connectivity index (χ1) is 9.04. The molecular formula is C13H19NO3S2. The number of methoxy groups -OCH3 is 1. The van der Waals surface area contributed by atoms with E-state index in [2.05, 4.69) is 4.74 Å². The van der Waals surface area contributed by atoms with Crippen LogP contribution in [0.5, 0.6) is 0 Å². The summed E-state index contributed by atoms with van der Waals surface area (Å²) < 4.78 is 4.64. The van der Waals surface area contributed by atoms with Gasteiger partial charge in [-0.2, -0.15) is 11.8 Å². The zero-order valence-electron chi connectivity index (χ0n) is 11.4. The van der Waals surface area contributed by atoms with Crippen molar-refractivity contribution in [2.24, 2.45) is 5.92 Å². The quantitative estimate of drug-likeness (QED) is 0.725. The molecule has 0 saturated heterocycles. The van der Waals surface area contributed by atoms with Crippen LogP contribution in [0.25, 0.3) is 0 Å². The van der Waals surface area contributed by atoms with Crippen molar-refractivity contribution in [2.75, 3.05) is 25.7 Å². The number of rotatable bonds is 7. The third kappa shape index (κ3) is 5.65. The standard InChI is InChI=1S/C13H19NO3S2/c1-10(13(16)17-3)8-18-9-12(15)14(2)7-11-5-4-6-19-11/h4-6,10H,7-9H2,1-3H3. The first-order valence-corrected chi connectivity index (χ1v) is 8.00. The Labute approximate surface area is 122 Å². The minimum atomic E-state index is -0.230. The smallest absolute Gasteiger partial charge is 0.309 e. The van der Waals surface area contributed by atoms with Crippen molar-refractivity contribution < 1.29 is 14.3 Å². The summed E-state index contributed by atoms with van der Waals surface area (Å²) in [6.07, 6.45) is 0. The summed E-state index contributed by atoms with van der Waals surface area (Å²) in [5.41, 5.74) is 0. The van der Waals surface area contributed by atoms with Gasteiger partial charge < -0.3 is 9.64 Å². The summed E-state index contributed by atoms with van der Waals surface area (Å²) in [5.74, 6) is 0.668. The number of carbonyl (C=O) groups excluding carboxylic acids is 2. The Balaban J connectivity index is 2.25. The van der Waals surface area contributed by atoms with Crippen LogP contribution in [-0.4, -0.2) is 42.4 Å². The summed E-state index contributed by atoms with van der Waals surface area (Å²) in [6, 6.07) is 3.99. The molecule has 4 nitrogen and oxygen atoms in total. The lowest BCUT2D eigenvalue weighted by Crippen LogP contribution is -2.28. The van der Waals surface area contributed by atoms with Crippen molar-refractivity contribution in [3.8, 4) is 0 Å². The van der Waals surface area contributed by atoms with Crippen molar-refractivity contribution in [2.45, 2.75) is 13.5 Å². The molecule has 0 radical (unpaired) electrons. The summed E-state index contributed by atoms with van der Waals surface area (Å²) in [6.45, 7) is 2.45. The van der Waals surface area contributed by atoms with Crippen LogP contribution < -0.4 is 0 Å². The van der Waals surface area contributed by atoms with Gasteiger partial charge in [0.1, 0.15) is 0 Å². The molecule has 0 aliphatic heterocycles. The maximum absolute atomic E-state index is 11.9. The first-order valence-electron chi connectivity index (χ1n) is 5.96. The van der Waals surface area contributed by atoms with E-state index in [1.165, 1.54) is 23.7 Å². The second-order valence-corrected chi connectivity index (χ2v) is 6.33. The number of esters is 1. The molecule has 1 atom stereocenters. The number of carbonyl (C=O) groups is 2. The Morgan fingerprint density at radius 3 is 2.84 bits per heavy atom. The molecule has 1 aromatic rings. The molecule has 1 unspecified atom stereocenters. The van der Waals surface area contributed by atoms with E-state index >= 15 is 0 Å². The van der Waals surface area contributed by atoms with Gasteiger partial charge in [-0.05, 0) is 11.4 Å². The molecule has 6 heteroatoms. The molecule has 1 aromatic heterocycles. The molecule has 1 rings (SSSR count). The lowest BCUT2D eigenvalue weighted by molar-refractivity contribution is -0.144. The van der Waals surface area contributed by atoms with Gasteiger partial charge in [-0.15, -0.1) is 11.3 Å². The molecule has 19 heavy (non-hydrogen) atoms. The second-order valence-electron chi connectivity index (χ2n) is 4.27. The molecule has 0 saturated carbocycles. The molecule has 1 heterocycles. The van der Waals surface area contributed by atoms with Crippen molar-refractivity contribution in [1.82, 2.24) is 4.90 Å². The highest BCUT2D eigenvalue weighted by Gasteiger charge is 2.15. The van der Waals surface area contributed by atoms with Crippen LogP contribution in [0.1, 0.15) is 11.8 Å². The largest absolute Gasteiger partial charge is 0.469 e. The fourth-order valence-corrected chi connectivity index (χ4v) is 3.19. The van der Waals surface area contributed by atoms with Crippen LogP contribution in [0.15, 0.2) is 17.5 Å². The third-order valence-electron chi connectivity index (χ3n) is 2.60. The fourth-order valence-electron chi connectivity index (χ4n) is 1.43. The normalized spacial score (nSPS) is 11.9. The van der Waals surface area contributed by atoms with Gasteiger partial charge in [-0.25, -0.2) is 0 Å². The van der Waals surface area contributed by atoms with Gasteiger partial charge in [-0.3, -0.25) is 9.59 Å². The molecule has 106 valence electrons. The molecular weight excluding hydrogens is 282 g/mol. The third-order valence-corrected chi connectivity index (χ3v) is 4.64. The van der Waals surface area contributed by atoms with Gasteiger partial charge in [0, 0.05) is 17.7 Å². The van der Waals surface area contributed by atoms with Gasteiger partial charge in [-0.1, -0.05) is 13.0 Å². The van der Waals surface area contributed by atoms with Crippen LogP contribution in [0.4, 0.5) is 0 Å². The van der Waals surface area contributed by atoms with Gasteiger partial charge in [0.2, 0.25) is 5.91 Å². The number of ether oxygens (including phenoxy) is 1. The minimum absolute atomic E-state index is 0.0791. The van der Waals surface area contributed by atoms with Gasteiger partial charge in [0.15, 0.2) is 0 Å². The molecule has 1 amide bonds. The van der Waals surface area contributed by atoms with E-state index in [0.717, 1.165) is 0 Å². The molecule has 0 fully saturated rings. The van der Waals surface area contributed by atoms with Gasteiger partial charge in [0.05, 0.1) is 25.3 Å². The monoisotopic (exact) mass is 301 g/mol. The molecule has 0 aromatic carbocycles. The maximum atomic E-state index is 11.9. The Morgan fingerprint density at radius 1 is 1.53 bits per heavy atom. The fraction of sp³-hybridized carbons (Fsp3) is 0.538.